The number of fused-ring (bicyclic) bond motifs is 1. The van der Waals surface area contributed by atoms with Crippen molar-refractivity contribution in [2.45, 2.75) is 20.8 Å². The number of para-hydroxylation sites is 1. The van der Waals surface area contributed by atoms with Crippen molar-refractivity contribution in [3.05, 3.63) is 76.2 Å². The van der Waals surface area contributed by atoms with E-state index in [0.717, 1.165) is 38.7 Å². The fraction of sp³-hybridized carbons (Fsp3) is 0.143. The number of rotatable bonds is 3. The van der Waals surface area contributed by atoms with Crippen LogP contribution in [0.1, 0.15) is 26.5 Å². The molecule has 6 heteroatoms. The molecule has 2 heterocycles. The molecular weight excluding hydrogens is 361 g/mol. The summed E-state index contributed by atoms with van der Waals surface area (Å²) >= 11 is 1.35. The molecule has 2 aromatic heterocycles. The number of nitrogens with one attached hydrogen (secondary N) is 1. The number of carbonyl (C=O) groups excluding carboxylic acids is 1. The van der Waals surface area contributed by atoms with Crippen molar-refractivity contribution in [3.63, 3.8) is 0 Å². The number of carbonyl (C=O) groups is 1. The van der Waals surface area contributed by atoms with Crippen molar-refractivity contribution in [2.75, 3.05) is 5.32 Å². The number of anilines is 1. The topological polar surface area (TPSA) is 46.4 Å². The summed E-state index contributed by atoms with van der Waals surface area (Å²) in [5, 5.41) is 3.03. The van der Waals surface area contributed by atoms with Crippen LogP contribution in [0.5, 0.6) is 0 Å². The molecule has 1 N–H and O–H groups in total. The van der Waals surface area contributed by atoms with Crippen LogP contribution in [0.15, 0.2) is 48.7 Å². The summed E-state index contributed by atoms with van der Waals surface area (Å²) in [5.74, 6) is -0.412. The lowest BCUT2D eigenvalue weighted by Crippen LogP contribution is -2.13. The van der Waals surface area contributed by atoms with Crippen LogP contribution in [0, 0.1) is 26.6 Å². The van der Waals surface area contributed by atoms with E-state index in [4.69, 9.17) is 0 Å². The maximum Gasteiger partial charge on any atom is 0.267 e. The smallest absolute Gasteiger partial charge is 0.267 e. The number of amides is 1. The minimum absolute atomic E-state index is 0.135. The zero-order chi connectivity index (χ0) is 19.1. The second-order valence-corrected chi connectivity index (χ2v) is 7.50. The monoisotopic (exact) mass is 379 g/mol. The Labute approximate surface area is 160 Å². The number of aromatic nitrogens is 2. The molecule has 0 bridgehead atoms. The predicted molar refractivity (Wildman–Crippen MR) is 107 cm³/mol. The van der Waals surface area contributed by atoms with Gasteiger partial charge >= 0.3 is 0 Å². The fourth-order valence-electron chi connectivity index (χ4n) is 3.10. The van der Waals surface area contributed by atoms with Crippen LogP contribution >= 0.6 is 11.3 Å². The first-order valence-electron chi connectivity index (χ1n) is 8.56. The van der Waals surface area contributed by atoms with E-state index in [2.05, 4.69) is 10.3 Å². The molecule has 0 atom stereocenters. The molecule has 1 amide bonds. The summed E-state index contributed by atoms with van der Waals surface area (Å²) in [5.41, 5.74) is 5.33. The summed E-state index contributed by atoms with van der Waals surface area (Å²) in [6, 6.07) is 12.2. The Bertz CT molecular complexity index is 1140. The van der Waals surface area contributed by atoms with E-state index >= 15 is 0 Å². The fourth-order valence-corrected chi connectivity index (χ4v) is 4.11. The summed E-state index contributed by atoms with van der Waals surface area (Å²) < 4.78 is 15.0. The lowest BCUT2D eigenvalue weighted by atomic mass is 10.1. The second-order valence-electron chi connectivity index (χ2n) is 6.52. The molecule has 4 aromatic rings. The second kappa shape index (κ2) is 6.63. The number of nitrogens with zero attached hydrogens (tertiary/aromatic N) is 2. The van der Waals surface area contributed by atoms with E-state index in [-0.39, 0.29) is 11.7 Å². The molecule has 27 heavy (non-hydrogen) atoms. The number of hydrogen-bond acceptors (Lipinski definition) is 3. The van der Waals surface area contributed by atoms with Gasteiger partial charge in [0.15, 0.2) is 4.96 Å². The molecular formula is C21H18FN3OS. The molecule has 0 saturated carbocycles. The number of thiazole rings is 1. The van der Waals surface area contributed by atoms with Crippen molar-refractivity contribution < 1.29 is 9.18 Å². The van der Waals surface area contributed by atoms with E-state index < -0.39 is 0 Å². The van der Waals surface area contributed by atoms with Gasteiger partial charge in [0, 0.05) is 23.1 Å². The Morgan fingerprint density at radius 3 is 2.37 bits per heavy atom. The van der Waals surface area contributed by atoms with Crippen LogP contribution in [-0.4, -0.2) is 15.3 Å². The van der Waals surface area contributed by atoms with Crippen molar-refractivity contribution in [1.82, 2.24) is 9.38 Å². The highest BCUT2D eigenvalue weighted by Crippen LogP contribution is 2.29. The number of imidazole rings is 1. The van der Waals surface area contributed by atoms with Gasteiger partial charge in [-0.15, -0.1) is 0 Å². The zero-order valence-corrected chi connectivity index (χ0v) is 16.0. The number of halogens is 1. The Morgan fingerprint density at radius 2 is 1.74 bits per heavy atom. The normalized spacial score (nSPS) is 11.1. The van der Waals surface area contributed by atoms with Crippen LogP contribution < -0.4 is 5.32 Å². The largest absolute Gasteiger partial charge is 0.321 e. The summed E-state index contributed by atoms with van der Waals surface area (Å²) in [4.78, 5) is 18.8. The Hall–Kier alpha value is -2.99. The maximum absolute atomic E-state index is 13.1. The van der Waals surface area contributed by atoms with E-state index in [9.17, 15) is 9.18 Å². The minimum atomic E-state index is -0.276. The first kappa shape index (κ1) is 17.4. The van der Waals surface area contributed by atoms with Gasteiger partial charge in [-0.2, -0.15) is 0 Å². The molecule has 4 nitrogen and oxygen atoms in total. The Morgan fingerprint density at radius 1 is 1.07 bits per heavy atom. The van der Waals surface area contributed by atoms with Crippen LogP contribution in [0.4, 0.5) is 10.1 Å². The van der Waals surface area contributed by atoms with Gasteiger partial charge in [-0.3, -0.25) is 9.20 Å². The van der Waals surface area contributed by atoms with Crippen LogP contribution in [-0.2, 0) is 0 Å². The molecule has 0 radical (unpaired) electrons. The number of aryl methyl sites for hydroxylation is 3. The van der Waals surface area contributed by atoms with E-state index in [1.807, 2.05) is 49.6 Å². The number of benzene rings is 2. The quantitative estimate of drug-likeness (QED) is 0.519. The van der Waals surface area contributed by atoms with Gasteiger partial charge in [0.05, 0.1) is 5.69 Å². The molecule has 136 valence electrons. The highest BCUT2D eigenvalue weighted by Gasteiger charge is 2.19. The maximum atomic E-state index is 13.1. The predicted octanol–water partition coefficient (Wildman–Crippen LogP) is 5.38. The average molecular weight is 379 g/mol. The Kier molecular flexibility index (Phi) is 4.28. The van der Waals surface area contributed by atoms with E-state index in [1.165, 1.54) is 23.5 Å². The van der Waals surface area contributed by atoms with Gasteiger partial charge in [-0.05, 0) is 56.2 Å². The Balaban J connectivity index is 1.67. The molecule has 4 rings (SSSR count). The van der Waals surface area contributed by atoms with E-state index in [0.29, 0.717) is 4.88 Å². The first-order valence-corrected chi connectivity index (χ1v) is 9.37. The van der Waals surface area contributed by atoms with Gasteiger partial charge < -0.3 is 5.32 Å². The summed E-state index contributed by atoms with van der Waals surface area (Å²) in [6.07, 6.45) is 1.88. The highest BCUT2D eigenvalue weighted by atomic mass is 32.1. The number of hydrogen-bond donors (Lipinski definition) is 1. The van der Waals surface area contributed by atoms with Gasteiger partial charge in [-0.1, -0.05) is 29.5 Å². The SMILES string of the molecule is Cc1cccc(C)c1NC(=O)c1sc2nc(-c3ccc(F)cc3)cn2c1C. The third-order valence-corrected chi connectivity index (χ3v) is 5.78. The summed E-state index contributed by atoms with van der Waals surface area (Å²) in [6.45, 7) is 5.86. The third-order valence-electron chi connectivity index (χ3n) is 4.62. The van der Waals surface area contributed by atoms with Crippen molar-refractivity contribution >= 4 is 27.9 Å². The zero-order valence-electron chi connectivity index (χ0n) is 15.2. The minimum Gasteiger partial charge on any atom is -0.321 e. The molecule has 0 aliphatic heterocycles. The molecule has 2 aromatic carbocycles. The van der Waals surface area contributed by atoms with Crippen molar-refractivity contribution in [3.8, 4) is 11.3 Å². The first-order chi connectivity index (χ1) is 12.9. The highest BCUT2D eigenvalue weighted by molar-refractivity contribution is 7.19. The molecule has 0 spiro atoms. The average Bonchev–Trinajstić information content (AvgIpc) is 3.18. The molecule has 0 aliphatic carbocycles. The molecule has 0 aliphatic rings. The van der Waals surface area contributed by atoms with Gasteiger partial charge in [0.2, 0.25) is 0 Å². The van der Waals surface area contributed by atoms with Crippen molar-refractivity contribution in [2.24, 2.45) is 0 Å². The van der Waals surface area contributed by atoms with Gasteiger partial charge in [0.25, 0.3) is 5.91 Å². The lowest BCUT2D eigenvalue weighted by Gasteiger charge is -2.10. The van der Waals surface area contributed by atoms with Crippen LogP contribution in [0.3, 0.4) is 0 Å². The van der Waals surface area contributed by atoms with Gasteiger partial charge in [-0.25, -0.2) is 9.37 Å². The lowest BCUT2D eigenvalue weighted by molar-refractivity contribution is 0.102. The molecule has 0 saturated heterocycles. The van der Waals surface area contributed by atoms with Crippen LogP contribution in [0.25, 0.3) is 16.2 Å². The van der Waals surface area contributed by atoms with Crippen molar-refractivity contribution in [1.29, 1.82) is 0 Å². The summed E-state index contributed by atoms with van der Waals surface area (Å²) in [7, 11) is 0. The van der Waals surface area contributed by atoms with Gasteiger partial charge in [0.1, 0.15) is 10.7 Å². The standard InChI is InChI=1S/C21H18FN3OS/c1-12-5-4-6-13(2)18(12)24-20(26)19-14(3)25-11-17(23-21(25)27-19)15-7-9-16(22)10-8-15/h4-11H,1-3H3,(H,24,26). The molecule has 0 fully saturated rings. The molecule has 0 unspecified atom stereocenters. The van der Waals surface area contributed by atoms with Crippen LogP contribution in [0.2, 0.25) is 0 Å². The van der Waals surface area contributed by atoms with E-state index in [1.54, 1.807) is 12.1 Å². The third kappa shape index (κ3) is 3.13.